The molecule has 0 spiro atoms. The van der Waals surface area contributed by atoms with Crippen molar-refractivity contribution in [1.82, 2.24) is 30.6 Å². The van der Waals surface area contributed by atoms with Crippen LogP contribution in [-0.2, 0) is 13.1 Å². The van der Waals surface area contributed by atoms with Gasteiger partial charge in [0, 0.05) is 60.6 Å². The maximum atomic E-state index is 9.28. The largest absolute Gasteiger partial charge is 0.480 e. The molecule has 2 fully saturated rings. The van der Waals surface area contributed by atoms with E-state index in [1.807, 2.05) is 36.4 Å². The molecule has 46 heavy (non-hydrogen) atoms. The summed E-state index contributed by atoms with van der Waals surface area (Å²) in [6, 6.07) is 12.2. The lowest BCUT2D eigenvalue weighted by molar-refractivity contribution is 0.126. The molecular formula is C34H38Cl2N6O4. The number of ether oxygens (including phenoxy) is 2. The van der Waals surface area contributed by atoms with Crippen LogP contribution in [0.25, 0.3) is 33.6 Å². The Morgan fingerprint density at radius 2 is 1.07 bits per heavy atom. The fourth-order valence-corrected chi connectivity index (χ4v) is 6.73. The van der Waals surface area contributed by atoms with Crippen molar-refractivity contribution in [1.29, 1.82) is 0 Å². The minimum Gasteiger partial charge on any atom is -0.480 e. The van der Waals surface area contributed by atoms with Gasteiger partial charge in [-0.15, -0.1) is 0 Å². The molecule has 0 aliphatic heterocycles. The number of aliphatic hydroxyl groups excluding tert-OH is 2. The van der Waals surface area contributed by atoms with Gasteiger partial charge >= 0.3 is 0 Å². The molecule has 2 aliphatic rings. The number of halogens is 2. The van der Waals surface area contributed by atoms with Crippen molar-refractivity contribution in [3.63, 3.8) is 0 Å². The second kappa shape index (κ2) is 14.6. The monoisotopic (exact) mass is 664 g/mol. The Kier molecular flexibility index (Phi) is 10.3. The molecule has 0 atom stereocenters. The molecule has 10 nitrogen and oxygen atoms in total. The highest BCUT2D eigenvalue weighted by Crippen LogP contribution is 2.42. The normalized spacial score (nSPS) is 20.6. The van der Waals surface area contributed by atoms with E-state index in [0.717, 1.165) is 36.8 Å². The molecule has 6 rings (SSSR count). The topological polar surface area (TPSA) is 135 Å². The van der Waals surface area contributed by atoms with Crippen LogP contribution in [0, 0.1) is 11.8 Å². The van der Waals surface area contributed by atoms with Gasteiger partial charge in [-0.1, -0.05) is 59.6 Å². The molecule has 0 saturated heterocycles. The Hall–Kier alpha value is -3.38. The Morgan fingerprint density at radius 1 is 0.674 bits per heavy atom. The summed E-state index contributed by atoms with van der Waals surface area (Å²) in [7, 11) is 3.16. The highest BCUT2D eigenvalue weighted by molar-refractivity contribution is 6.39. The van der Waals surface area contributed by atoms with Crippen LogP contribution in [0.15, 0.2) is 48.8 Å². The first-order valence-corrected chi connectivity index (χ1v) is 16.2. The Bertz CT molecular complexity index is 1560. The average Bonchev–Trinajstić information content (AvgIpc) is 3.04. The second-order valence-electron chi connectivity index (χ2n) is 12.0. The standard InChI is InChI=1S/C34H38Cl2N6O4/c1-45-33-29(15-37-21-9-19(10-21)17-43)39-13-27(41-33)25-7-3-5-23(31(25)35)24-6-4-8-26(32(24)36)28-14-40-30(34(42-28)46-2)16-38-22-11-20(12-22)18-44/h3-8,13-14,19-22,37-38,43-44H,9-12,15-18H2,1-2H3/t19-,20-,21-,22-. The van der Waals surface area contributed by atoms with Crippen molar-refractivity contribution in [3.8, 4) is 45.4 Å². The molecule has 2 heterocycles. The van der Waals surface area contributed by atoms with E-state index in [4.69, 9.17) is 42.6 Å². The van der Waals surface area contributed by atoms with Crippen molar-refractivity contribution in [2.45, 2.75) is 50.9 Å². The predicted octanol–water partition coefficient (Wildman–Crippen LogP) is 5.31. The number of benzene rings is 2. The number of methoxy groups -OCH3 is 2. The lowest BCUT2D eigenvalue weighted by atomic mass is 9.81. The molecule has 0 unspecified atom stereocenters. The number of aromatic nitrogens is 4. The molecule has 2 aromatic heterocycles. The molecule has 242 valence electrons. The van der Waals surface area contributed by atoms with Crippen LogP contribution in [0.5, 0.6) is 11.8 Å². The first kappa shape index (κ1) is 32.6. The van der Waals surface area contributed by atoms with Gasteiger partial charge in [0.25, 0.3) is 0 Å². The van der Waals surface area contributed by atoms with Crippen LogP contribution in [0.1, 0.15) is 37.1 Å². The summed E-state index contributed by atoms with van der Waals surface area (Å²) in [6.07, 6.45) is 7.21. The summed E-state index contributed by atoms with van der Waals surface area (Å²) < 4.78 is 11.2. The fourth-order valence-electron chi connectivity index (χ4n) is 6.08. The van der Waals surface area contributed by atoms with E-state index in [9.17, 15) is 10.2 Å². The summed E-state index contributed by atoms with van der Waals surface area (Å²) in [5.74, 6) is 1.61. The quantitative estimate of drug-likeness (QED) is 0.149. The molecule has 2 aliphatic carbocycles. The van der Waals surface area contributed by atoms with Crippen LogP contribution in [0.4, 0.5) is 0 Å². The van der Waals surface area contributed by atoms with Gasteiger partial charge in [0.2, 0.25) is 11.8 Å². The van der Waals surface area contributed by atoms with E-state index in [2.05, 4.69) is 20.6 Å². The third-order valence-corrected chi connectivity index (χ3v) is 9.77. The van der Waals surface area contributed by atoms with E-state index < -0.39 is 0 Å². The summed E-state index contributed by atoms with van der Waals surface area (Å²) in [6.45, 7) is 1.50. The third-order valence-electron chi connectivity index (χ3n) is 8.95. The van der Waals surface area contributed by atoms with Crippen molar-refractivity contribution in [2.24, 2.45) is 11.8 Å². The van der Waals surface area contributed by atoms with Crippen LogP contribution < -0.4 is 20.1 Å². The van der Waals surface area contributed by atoms with Crippen LogP contribution in [-0.4, -0.2) is 69.7 Å². The van der Waals surface area contributed by atoms with E-state index in [1.54, 1.807) is 26.6 Å². The molecule has 4 N–H and O–H groups in total. The zero-order chi connectivity index (χ0) is 32.2. The van der Waals surface area contributed by atoms with Crippen LogP contribution in [0.3, 0.4) is 0 Å². The average molecular weight is 666 g/mol. The lowest BCUT2D eigenvalue weighted by Gasteiger charge is -2.34. The molecule has 12 heteroatoms. The molecule has 0 radical (unpaired) electrons. The first-order valence-electron chi connectivity index (χ1n) is 15.5. The molecular weight excluding hydrogens is 627 g/mol. The van der Waals surface area contributed by atoms with E-state index in [0.29, 0.717) is 92.7 Å². The zero-order valence-corrected chi connectivity index (χ0v) is 27.4. The van der Waals surface area contributed by atoms with Crippen molar-refractivity contribution < 1.29 is 19.7 Å². The first-order chi connectivity index (χ1) is 22.4. The van der Waals surface area contributed by atoms with Gasteiger partial charge < -0.3 is 30.3 Å². The van der Waals surface area contributed by atoms with Gasteiger partial charge in [-0.3, -0.25) is 9.97 Å². The molecule has 0 bridgehead atoms. The van der Waals surface area contributed by atoms with Crippen LogP contribution in [0.2, 0.25) is 10.0 Å². The van der Waals surface area contributed by atoms with E-state index in [1.165, 1.54) is 0 Å². The maximum absolute atomic E-state index is 9.28. The van der Waals surface area contributed by atoms with Gasteiger partial charge in [-0.2, -0.15) is 0 Å². The lowest BCUT2D eigenvalue weighted by Crippen LogP contribution is -2.42. The highest BCUT2D eigenvalue weighted by atomic mass is 35.5. The number of hydrogen-bond donors (Lipinski definition) is 4. The smallest absolute Gasteiger partial charge is 0.237 e. The Balaban J connectivity index is 1.22. The molecule has 0 amide bonds. The number of nitrogens with zero attached hydrogens (tertiary/aromatic N) is 4. The van der Waals surface area contributed by atoms with Gasteiger partial charge in [0.1, 0.15) is 11.4 Å². The zero-order valence-electron chi connectivity index (χ0n) is 25.8. The Morgan fingerprint density at radius 3 is 1.43 bits per heavy atom. The number of nitrogens with one attached hydrogen (secondary N) is 2. The molecule has 2 aromatic carbocycles. The summed E-state index contributed by atoms with van der Waals surface area (Å²) in [5, 5.41) is 26.5. The summed E-state index contributed by atoms with van der Waals surface area (Å²) >= 11 is 14.1. The SMILES string of the molecule is COc1nc(-c2cccc(-c3cccc(-c4cnc(CN[C@H]5C[C@H](CO)C5)c(OC)n4)c3Cl)c2Cl)cnc1CN[C@H]1C[C@H](CO)C1. The van der Waals surface area contributed by atoms with Crippen molar-refractivity contribution in [3.05, 3.63) is 70.2 Å². The molecule has 4 aromatic rings. The highest BCUT2D eigenvalue weighted by Gasteiger charge is 2.29. The third kappa shape index (κ3) is 6.83. The number of hydrogen-bond acceptors (Lipinski definition) is 10. The van der Waals surface area contributed by atoms with Gasteiger partial charge in [0.15, 0.2) is 0 Å². The maximum Gasteiger partial charge on any atom is 0.237 e. The van der Waals surface area contributed by atoms with Gasteiger partial charge in [-0.25, -0.2) is 9.97 Å². The summed E-state index contributed by atoms with van der Waals surface area (Å²) in [4.78, 5) is 18.8. The van der Waals surface area contributed by atoms with Crippen molar-refractivity contribution in [2.75, 3.05) is 27.4 Å². The van der Waals surface area contributed by atoms with Gasteiger partial charge in [0.05, 0.1) is 48.0 Å². The van der Waals surface area contributed by atoms with E-state index in [-0.39, 0.29) is 13.2 Å². The van der Waals surface area contributed by atoms with Crippen molar-refractivity contribution >= 4 is 23.2 Å². The van der Waals surface area contributed by atoms with Gasteiger partial charge in [-0.05, 0) is 37.5 Å². The minimum absolute atomic E-state index is 0.230. The Labute approximate surface area is 278 Å². The van der Waals surface area contributed by atoms with Crippen LogP contribution >= 0.6 is 23.2 Å². The summed E-state index contributed by atoms with van der Waals surface area (Å²) in [5.41, 5.74) is 5.45. The number of rotatable bonds is 13. The number of aliphatic hydroxyl groups is 2. The minimum atomic E-state index is 0.230. The van der Waals surface area contributed by atoms with E-state index >= 15 is 0 Å². The second-order valence-corrected chi connectivity index (χ2v) is 12.7. The molecule has 2 saturated carbocycles. The predicted molar refractivity (Wildman–Crippen MR) is 178 cm³/mol. The fraction of sp³-hybridized carbons (Fsp3) is 0.412.